The van der Waals surface area contributed by atoms with Gasteiger partial charge in [0.25, 0.3) is 0 Å². The number of ether oxygens (including phenoxy) is 2. The van der Waals surface area contributed by atoms with E-state index < -0.39 is 0 Å². The Morgan fingerprint density at radius 2 is 2.06 bits per heavy atom. The van der Waals surface area contributed by atoms with Crippen molar-refractivity contribution in [2.24, 2.45) is 10.8 Å². The maximum Gasteiger partial charge on any atom is 0.206 e. The van der Waals surface area contributed by atoms with Crippen LogP contribution in [0.1, 0.15) is 5.56 Å². The molecule has 0 aliphatic heterocycles. The summed E-state index contributed by atoms with van der Waals surface area (Å²) in [6.45, 7) is 0. The zero-order valence-electron chi connectivity index (χ0n) is 9.15. The number of rotatable bonds is 4. The van der Waals surface area contributed by atoms with Gasteiger partial charge in [-0.15, -0.1) is 0 Å². The van der Waals surface area contributed by atoms with Crippen LogP contribution in [0.5, 0.6) is 11.5 Å². The van der Waals surface area contributed by atoms with Crippen molar-refractivity contribution in [3.63, 3.8) is 0 Å². The summed E-state index contributed by atoms with van der Waals surface area (Å²) < 4.78 is 10.2. The fourth-order valence-corrected chi connectivity index (χ4v) is 1.11. The van der Waals surface area contributed by atoms with E-state index in [1.165, 1.54) is 6.21 Å². The molecule has 0 saturated heterocycles. The van der Waals surface area contributed by atoms with Crippen LogP contribution in [0.25, 0.3) is 0 Å². The molecular formula is C10H14N4O2. The summed E-state index contributed by atoms with van der Waals surface area (Å²) >= 11 is 0. The number of hydrazone groups is 1. The molecule has 1 aromatic rings. The van der Waals surface area contributed by atoms with Crippen molar-refractivity contribution in [1.82, 2.24) is 5.43 Å². The van der Waals surface area contributed by atoms with Crippen molar-refractivity contribution in [3.8, 4) is 11.5 Å². The monoisotopic (exact) mass is 222 g/mol. The van der Waals surface area contributed by atoms with Gasteiger partial charge >= 0.3 is 0 Å². The van der Waals surface area contributed by atoms with E-state index in [2.05, 4.69) is 10.5 Å². The summed E-state index contributed by atoms with van der Waals surface area (Å²) in [5, 5.41) is 10.7. The van der Waals surface area contributed by atoms with Crippen LogP contribution < -0.4 is 20.6 Å². The van der Waals surface area contributed by atoms with Crippen LogP contribution in [0.15, 0.2) is 23.3 Å². The summed E-state index contributed by atoms with van der Waals surface area (Å²) in [4.78, 5) is 0. The zero-order chi connectivity index (χ0) is 12.0. The van der Waals surface area contributed by atoms with Gasteiger partial charge in [-0.1, -0.05) is 0 Å². The highest BCUT2D eigenvalue weighted by molar-refractivity contribution is 5.82. The summed E-state index contributed by atoms with van der Waals surface area (Å²) in [6.07, 6.45) is 1.53. The Morgan fingerprint density at radius 1 is 1.38 bits per heavy atom. The first-order valence-corrected chi connectivity index (χ1v) is 4.52. The lowest BCUT2D eigenvalue weighted by atomic mass is 10.2. The quantitative estimate of drug-likeness (QED) is 0.393. The van der Waals surface area contributed by atoms with Crippen molar-refractivity contribution < 1.29 is 9.47 Å². The van der Waals surface area contributed by atoms with Gasteiger partial charge in [-0.2, -0.15) is 5.10 Å². The van der Waals surface area contributed by atoms with Crippen molar-refractivity contribution in [3.05, 3.63) is 23.8 Å². The Bertz CT molecular complexity index is 404. The second-order valence-corrected chi connectivity index (χ2v) is 2.90. The Morgan fingerprint density at radius 3 is 2.62 bits per heavy atom. The summed E-state index contributed by atoms with van der Waals surface area (Å²) in [5.74, 6) is 1.06. The smallest absolute Gasteiger partial charge is 0.206 e. The first-order valence-electron chi connectivity index (χ1n) is 4.52. The maximum atomic E-state index is 6.91. The second-order valence-electron chi connectivity index (χ2n) is 2.90. The van der Waals surface area contributed by atoms with Crippen molar-refractivity contribution in [2.45, 2.75) is 0 Å². The molecule has 0 aromatic heterocycles. The Kier molecular flexibility index (Phi) is 4.14. The maximum absolute atomic E-state index is 6.91. The molecule has 0 saturated carbocycles. The molecule has 0 atom stereocenters. The van der Waals surface area contributed by atoms with Gasteiger partial charge in [0.05, 0.1) is 20.4 Å². The molecule has 0 heterocycles. The van der Waals surface area contributed by atoms with E-state index in [0.717, 1.165) is 5.56 Å². The van der Waals surface area contributed by atoms with Gasteiger partial charge in [0.2, 0.25) is 5.96 Å². The van der Waals surface area contributed by atoms with Crippen LogP contribution in [0.4, 0.5) is 0 Å². The molecule has 0 unspecified atom stereocenters. The van der Waals surface area contributed by atoms with E-state index in [1.807, 2.05) is 6.07 Å². The lowest BCUT2D eigenvalue weighted by molar-refractivity contribution is 0.355. The molecule has 0 radical (unpaired) electrons. The minimum atomic E-state index is -0.211. The molecule has 4 N–H and O–H groups in total. The highest BCUT2D eigenvalue weighted by Crippen LogP contribution is 2.26. The van der Waals surface area contributed by atoms with Gasteiger partial charge < -0.3 is 15.2 Å². The van der Waals surface area contributed by atoms with E-state index in [9.17, 15) is 0 Å². The fraction of sp³-hybridized carbons (Fsp3) is 0.200. The van der Waals surface area contributed by atoms with Gasteiger partial charge in [-0.3, -0.25) is 5.41 Å². The van der Waals surface area contributed by atoms with Crippen molar-refractivity contribution in [2.75, 3.05) is 14.2 Å². The molecule has 0 spiro atoms. The average Bonchev–Trinajstić information content (AvgIpc) is 2.28. The number of guanidine groups is 1. The lowest BCUT2D eigenvalue weighted by Crippen LogP contribution is -2.25. The second kappa shape index (κ2) is 5.59. The SMILES string of the molecule is COc1ccc(/C=N/NC(=N)N)cc1OC. The number of hydrogen-bond donors (Lipinski definition) is 3. The third-order valence-electron chi connectivity index (χ3n) is 1.81. The topological polar surface area (TPSA) is 92.7 Å². The van der Waals surface area contributed by atoms with Gasteiger partial charge in [0.1, 0.15) is 0 Å². The van der Waals surface area contributed by atoms with Gasteiger partial charge in [0, 0.05) is 0 Å². The van der Waals surface area contributed by atoms with Crippen LogP contribution in [0, 0.1) is 5.41 Å². The number of methoxy groups -OCH3 is 2. The largest absolute Gasteiger partial charge is 0.493 e. The summed E-state index contributed by atoms with van der Waals surface area (Å²) in [6, 6.07) is 5.35. The first kappa shape index (κ1) is 11.8. The molecule has 6 nitrogen and oxygen atoms in total. The molecule has 1 rings (SSSR count). The highest BCUT2D eigenvalue weighted by atomic mass is 16.5. The Hall–Kier alpha value is -2.24. The predicted octanol–water partition coefficient (Wildman–Crippen LogP) is 0.521. The van der Waals surface area contributed by atoms with Crippen LogP contribution in [0.3, 0.4) is 0 Å². The zero-order valence-corrected chi connectivity index (χ0v) is 9.15. The molecule has 0 bridgehead atoms. The first-order chi connectivity index (χ1) is 7.67. The van der Waals surface area contributed by atoms with E-state index in [1.54, 1.807) is 26.4 Å². The predicted molar refractivity (Wildman–Crippen MR) is 62.2 cm³/mol. The normalized spacial score (nSPS) is 10.1. The molecule has 16 heavy (non-hydrogen) atoms. The molecule has 0 aliphatic rings. The Balaban J connectivity index is 2.82. The van der Waals surface area contributed by atoms with Gasteiger partial charge in [0.15, 0.2) is 11.5 Å². The third-order valence-corrected chi connectivity index (χ3v) is 1.81. The van der Waals surface area contributed by atoms with Crippen LogP contribution >= 0.6 is 0 Å². The molecule has 0 fully saturated rings. The highest BCUT2D eigenvalue weighted by Gasteiger charge is 2.02. The Labute approximate surface area is 93.6 Å². The molecular weight excluding hydrogens is 208 g/mol. The van der Waals surface area contributed by atoms with Crippen molar-refractivity contribution >= 4 is 12.2 Å². The summed E-state index contributed by atoms with van der Waals surface area (Å²) in [7, 11) is 3.13. The molecule has 86 valence electrons. The van der Waals surface area contributed by atoms with E-state index in [-0.39, 0.29) is 5.96 Å². The number of benzene rings is 1. The van der Waals surface area contributed by atoms with Crippen molar-refractivity contribution in [1.29, 1.82) is 5.41 Å². The third kappa shape index (κ3) is 3.16. The number of hydrogen-bond acceptors (Lipinski definition) is 4. The van der Waals surface area contributed by atoms with Crippen LogP contribution in [-0.4, -0.2) is 26.4 Å². The molecule has 0 aliphatic carbocycles. The van der Waals surface area contributed by atoms with Gasteiger partial charge in [-0.25, -0.2) is 5.43 Å². The van der Waals surface area contributed by atoms with Crippen LogP contribution in [0.2, 0.25) is 0 Å². The van der Waals surface area contributed by atoms with E-state index >= 15 is 0 Å². The van der Waals surface area contributed by atoms with E-state index in [0.29, 0.717) is 11.5 Å². The minimum absolute atomic E-state index is 0.211. The number of nitrogens with zero attached hydrogens (tertiary/aromatic N) is 1. The number of nitrogens with two attached hydrogens (primary N) is 1. The molecule has 6 heteroatoms. The molecule has 0 amide bonds. The van der Waals surface area contributed by atoms with Crippen LogP contribution in [-0.2, 0) is 0 Å². The fourth-order valence-electron chi connectivity index (χ4n) is 1.11. The molecule has 1 aromatic carbocycles. The standard InChI is InChI=1S/C10H14N4O2/c1-15-8-4-3-7(5-9(8)16-2)6-13-14-10(11)12/h3-6H,1-2H3,(H4,11,12,14)/b13-6+. The minimum Gasteiger partial charge on any atom is -0.493 e. The average molecular weight is 222 g/mol. The number of nitrogens with one attached hydrogen (secondary N) is 2. The lowest BCUT2D eigenvalue weighted by Gasteiger charge is -2.07. The van der Waals surface area contributed by atoms with Gasteiger partial charge in [-0.05, 0) is 23.8 Å². The van der Waals surface area contributed by atoms with E-state index in [4.69, 9.17) is 20.6 Å². The summed E-state index contributed by atoms with van der Waals surface area (Å²) in [5.41, 5.74) is 8.20.